The van der Waals surface area contributed by atoms with Crippen LogP contribution in [0.3, 0.4) is 0 Å². The lowest BCUT2D eigenvalue weighted by molar-refractivity contribution is -0.106. The first-order valence-electron chi connectivity index (χ1n) is 5.74. The highest BCUT2D eigenvalue weighted by Crippen LogP contribution is 2.22. The zero-order valence-corrected chi connectivity index (χ0v) is 10.7. The molecule has 0 bridgehead atoms. The Morgan fingerprint density at radius 1 is 1.26 bits per heavy atom. The summed E-state index contributed by atoms with van der Waals surface area (Å²) in [5.41, 5.74) is 2.31. The van der Waals surface area contributed by atoms with Gasteiger partial charge in [-0.05, 0) is 6.07 Å². The molecule has 0 spiro atoms. The van der Waals surface area contributed by atoms with Crippen molar-refractivity contribution in [3.8, 4) is 0 Å². The Bertz CT molecular complexity index is 690. The maximum atomic E-state index is 11.8. The quantitative estimate of drug-likeness (QED) is 0.786. The number of carbonyl (C=O) groups excluding carboxylic acids is 2. The van der Waals surface area contributed by atoms with Crippen LogP contribution in [-0.2, 0) is 4.79 Å². The average Bonchev–Trinajstić information content (AvgIpc) is 2.97. The lowest BCUT2D eigenvalue weighted by Gasteiger charge is -2.06. The van der Waals surface area contributed by atoms with Gasteiger partial charge in [-0.2, -0.15) is 0 Å². The summed E-state index contributed by atoms with van der Waals surface area (Å²) < 4.78 is 0. The number of anilines is 1. The number of rotatable bonds is 2. The van der Waals surface area contributed by atoms with Crippen molar-refractivity contribution in [2.24, 2.45) is 0 Å². The van der Waals surface area contributed by atoms with E-state index in [4.69, 9.17) is 0 Å². The van der Waals surface area contributed by atoms with E-state index in [0.717, 1.165) is 10.9 Å². The number of hydrogen-bond acceptors (Lipinski definition) is 3. The molecule has 0 aliphatic carbocycles. The number of para-hydroxylation sites is 1. The summed E-state index contributed by atoms with van der Waals surface area (Å²) in [7, 11) is 0. The molecule has 1 aliphatic rings. The first kappa shape index (κ1) is 11.9. The van der Waals surface area contributed by atoms with Crippen LogP contribution in [0.1, 0.15) is 0 Å². The van der Waals surface area contributed by atoms with Crippen molar-refractivity contribution in [3.05, 3.63) is 42.2 Å². The fraction of sp³-hybridized carbons (Fsp3) is 0.0769. The van der Waals surface area contributed by atoms with E-state index in [1.165, 1.54) is 17.8 Å². The fourth-order valence-electron chi connectivity index (χ4n) is 1.92. The molecule has 2 aromatic rings. The number of urea groups is 1. The van der Waals surface area contributed by atoms with Crippen molar-refractivity contribution in [3.63, 3.8) is 0 Å². The highest BCUT2D eigenvalue weighted by atomic mass is 32.2. The van der Waals surface area contributed by atoms with Crippen LogP contribution in [0, 0.1) is 0 Å². The minimum absolute atomic E-state index is 0.0256. The second-order valence-electron chi connectivity index (χ2n) is 4.10. The van der Waals surface area contributed by atoms with Gasteiger partial charge < -0.3 is 15.6 Å². The van der Waals surface area contributed by atoms with Gasteiger partial charge in [-0.3, -0.25) is 4.79 Å². The summed E-state index contributed by atoms with van der Waals surface area (Å²) in [6.07, 6.45) is 3.19. The molecule has 5 nitrogen and oxygen atoms in total. The van der Waals surface area contributed by atoms with Gasteiger partial charge in [-0.1, -0.05) is 30.0 Å². The van der Waals surface area contributed by atoms with Crippen LogP contribution in [0.2, 0.25) is 0 Å². The molecule has 19 heavy (non-hydrogen) atoms. The van der Waals surface area contributed by atoms with Crippen LogP contribution in [0.15, 0.2) is 42.2 Å². The topological polar surface area (TPSA) is 74.0 Å². The molecule has 96 valence electrons. The Labute approximate surface area is 113 Å². The highest BCUT2D eigenvalue weighted by Gasteiger charge is 2.15. The molecule has 0 radical (unpaired) electrons. The maximum absolute atomic E-state index is 11.8. The zero-order chi connectivity index (χ0) is 13.2. The van der Waals surface area contributed by atoms with Crippen molar-refractivity contribution in [2.75, 3.05) is 11.1 Å². The Hall–Kier alpha value is -2.21. The molecule has 2 heterocycles. The summed E-state index contributed by atoms with van der Waals surface area (Å²) in [5, 5.41) is 6.35. The van der Waals surface area contributed by atoms with Crippen molar-refractivity contribution in [2.45, 2.75) is 0 Å². The average molecular weight is 273 g/mol. The largest absolute Gasteiger partial charge is 0.359 e. The Balaban J connectivity index is 1.73. The molecule has 2 amide bonds. The number of carbonyl (C=O) groups is 2. The van der Waals surface area contributed by atoms with Crippen molar-refractivity contribution >= 4 is 39.5 Å². The standard InChI is InChI=1S/C13H11N3O2S/c17-12-5-8(7-19-12)15-13(18)16-11-6-14-10-4-2-1-3-9(10)11/h1-6,14H,7H2,(H2,15,16,18). The molecule has 0 saturated carbocycles. The number of aromatic amines is 1. The Kier molecular flexibility index (Phi) is 3.00. The summed E-state index contributed by atoms with van der Waals surface area (Å²) in [4.78, 5) is 25.9. The van der Waals surface area contributed by atoms with Crippen molar-refractivity contribution in [1.29, 1.82) is 0 Å². The molecular formula is C13H11N3O2S. The SMILES string of the molecule is O=C(NC1=CC(=O)SC1)Nc1c[nH]c2ccccc12. The van der Waals surface area contributed by atoms with Gasteiger partial charge in [0, 0.05) is 34.6 Å². The monoisotopic (exact) mass is 273 g/mol. The predicted octanol–water partition coefficient (Wildman–Crippen LogP) is 2.45. The van der Waals surface area contributed by atoms with Crippen LogP contribution in [0.4, 0.5) is 10.5 Å². The number of H-pyrrole nitrogens is 1. The van der Waals surface area contributed by atoms with Crippen LogP contribution in [0.5, 0.6) is 0 Å². The molecule has 0 atom stereocenters. The van der Waals surface area contributed by atoms with Gasteiger partial charge in [0.15, 0.2) is 0 Å². The summed E-state index contributed by atoms with van der Waals surface area (Å²) in [6, 6.07) is 7.36. The highest BCUT2D eigenvalue weighted by molar-refractivity contribution is 8.14. The third-order valence-electron chi connectivity index (χ3n) is 2.77. The van der Waals surface area contributed by atoms with Crippen LogP contribution < -0.4 is 10.6 Å². The fourth-order valence-corrected chi connectivity index (χ4v) is 2.60. The van der Waals surface area contributed by atoms with E-state index in [1.807, 2.05) is 24.3 Å². The number of amides is 2. The number of fused-ring (bicyclic) bond motifs is 1. The van der Waals surface area contributed by atoms with Crippen LogP contribution in [0.25, 0.3) is 10.9 Å². The van der Waals surface area contributed by atoms with E-state index in [0.29, 0.717) is 17.1 Å². The van der Waals surface area contributed by atoms with Crippen molar-refractivity contribution < 1.29 is 9.59 Å². The van der Waals surface area contributed by atoms with Gasteiger partial charge in [-0.15, -0.1) is 0 Å². The molecule has 0 unspecified atom stereocenters. The lowest BCUT2D eigenvalue weighted by atomic mass is 10.2. The van der Waals surface area contributed by atoms with E-state index in [1.54, 1.807) is 6.20 Å². The number of benzene rings is 1. The molecular weight excluding hydrogens is 262 g/mol. The second kappa shape index (κ2) is 4.81. The van der Waals surface area contributed by atoms with E-state index in [-0.39, 0.29) is 11.1 Å². The Morgan fingerprint density at radius 3 is 2.89 bits per heavy atom. The molecule has 6 heteroatoms. The predicted molar refractivity (Wildman–Crippen MR) is 76.0 cm³/mol. The van der Waals surface area contributed by atoms with E-state index in [2.05, 4.69) is 15.6 Å². The zero-order valence-electron chi connectivity index (χ0n) is 9.90. The number of hydrogen-bond donors (Lipinski definition) is 3. The van der Waals surface area contributed by atoms with Gasteiger partial charge in [0.05, 0.1) is 5.69 Å². The molecule has 1 aromatic carbocycles. The third-order valence-corrected chi connectivity index (χ3v) is 3.63. The van der Waals surface area contributed by atoms with Gasteiger partial charge in [-0.25, -0.2) is 4.79 Å². The maximum Gasteiger partial charge on any atom is 0.323 e. The van der Waals surface area contributed by atoms with Gasteiger partial charge in [0.2, 0.25) is 5.12 Å². The molecule has 0 fully saturated rings. The normalized spacial score (nSPS) is 14.5. The third kappa shape index (κ3) is 2.48. The summed E-state index contributed by atoms with van der Waals surface area (Å²) >= 11 is 1.18. The van der Waals surface area contributed by atoms with Gasteiger partial charge in [0.25, 0.3) is 0 Å². The van der Waals surface area contributed by atoms with E-state index >= 15 is 0 Å². The van der Waals surface area contributed by atoms with Crippen molar-refractivity contribution in [1.82, 2.24) is 10.3 Å². The first-order chi connectivity index (χ1) is 9.22. The lowest BCUT2D eigenvalue weighted by Crippen LogP contribution is -2.28. The van der Waals surface area contributed by atoms with E-state index in [9.17, 15) is 9.59 Å². The smallest absolute Gasteiger partial charge is 0.323 e. The number of aromatic nitrogens is 1. The summed E-state index contributed by atoms with van der Waals surface area (Å²) in [5.74, 6) is 0.514. The van der Waals surface area contributed by atoms with Crippen LogP contribution in [-0.4, -0.2) is 21.9 Å². The molecule has 1 aromatic heterocycles. The Morgan fingerprint density at radius 2 is 2.11 bits per heavy atom. The minimum atomic E-state index is -0.341. The van der Waals surface area contributed by atoms with E-state index < -0.39 is 0 Å². The second-order valence-corrected chi connectivity index (χ2v) is 5.08. The first-order valence-corrected chi connectivity index (χ1v) is 6.72. The molecule has 1 aliphatic heterocycles. The van der Waals surface area contributed by atoms with Gasteiger partial charge in [0.1, 0.15) is 0 Å². The minimum Gasteiger partial charge on any atom is -0.359 e. The number of nitrogens with one attached hydrogen (secondary N) is 3. The molecule has 3 rings (SSSR count). The molecule has 0 saturated heterocycles. The van der Waals surface area contributed by atoms with Crippen LogP contribution >= 0.6 is 11.8 Å². The molecule has 3 N–H and O–H groups in total. The number of thioether (sulfide) groups is 1. The summed E-state index contributed by atoms with van der Waals surface area (Å²) in [6.45, 7) is 0. The van der Waals surface area contributed by atoms with Gasteiger partial charge >= 0.3 is 6.03 Å².